The van der Waals surface area contributed by atoms with Gasteiger partial charge in [-0.25, -0.2) is 0 Å². The van der Waals surface area contributed by atoms with Crippen LogP contribution in [0.5, 0.6) is 0 Å². The van der Waals surface area contributed by atoms with Crippen molar-refractivity contribution in [3.05, 3.63) is 196 Å². The number of anilines is 2. The number of nitrogens with one attached hydrogen (secondary N) is 1. The first-order valence-electron chi connectivity index (χ1n) is 26.2. The maximum atomic E-state index is 4.07. The first-order valence-corrected chi connectivity index (χ1v) is 27.1. The van der Waals surface area contributed by atoms with E-state index in [0.29, 0.717) is 0 Å². The molecule has 0 unspecified atom stereocenters. The molecule has 0 radical (unpaired) electrons. The molecule has 0 saturated heterocycles. The Morgan fingerprint density at radius 3 is 1.68 bits per heavy atom. The highest BCUT2D eigenvalue weighted by Gasteiger charge is 2.41. The summed E-state index contributed by atoms with van der Waals surface area (Å²) in [5.41, 5.74) is 24.5. The molecule has 10 aromatic rings. The molecule has 71 heavy (non-hydrogen) atoms. The highest BCUT2D eigenvalue weighted by molar-refractivity contribution is 7.25. The van der Waals surface area contributed by atoms with Crippen LogP contribution in [0.2, 0.25) is 0 Å². The Bertz CT molecular complexity index is 3790. The molecule has 0 spiro atoms. The number of benzene rings is 8. The monoisotopic (exact) mass is 940 g/mol. The van der Waals surface area contributed by atoms with Gasteiger partial charge in [-0.15, -0.1) is 11.3 Å². The summed E-state index contributed by atoms with van der Waals surface area (Å²) in [5, 5.41) is 9.55. The van der Waals surface area contributed by atoms with Crippen LogP contribution in [-0.4, -0.2) is 11.8 Å². The molecule has 3 heterocycles. The summed E-state index contributed by atoms with van der Waals surface area (Å²) in [5.74, 6) is -0.0135. The molecule has 0 atom stereocenters. The largest absolute Gasteiger partial charge is 0.355 e. The lowest BCUT2D eigenvalue weighted by Gasteiger charge is -2.42. The smallest absolute Gasteiger partial charge is 0.198 e. The van der Waals surface area contributed by atoms with Crippen molar-refractivity contribution < 1.29 is 0 Å². The van der Waals surface area contributed by atoms with Gasteiger partial charge in [-0.2, -0.15) is 0 Å². The molecule has 0 amide bonds. The molecular formula is C67H65BN2S. The van der Waals surface area contributed by atoms with E-state index in [1.807, 2.05) is 11.3 Å². The molecule has 13 rings (SSSR count). The van der Waals surface area contributed by atoms with Gasteiger partial charge < -0.3 is 9.88 Å². The van der Waals surface area contributed by atoms with Gasteiger partial charge in [-0.1, -0.05) is 157 Å². The van der Waals surface area contributed by atoms with Crippen LogP contribution in [0.3, 0.4) is 0 Å². The molecule has 0 saturated carbocycles. The van der Waals surface area contributed by atoms with E-state index in [0.717, 1.165) is 18.7 Å². The lowest BCUT2D eigenvalue weighted by molar-refractivity contribution is 0.332. The Kier molecular flexibility index (Phi) is 9.78. The third kappa shape index (κ3) is 6.94. The molecular weight excluding hydrogens is 876 g/mol. The van der Waals surface area contributed by atoms with Gasteiger partial charge >= 0.3 is 0 Å². The topological polar surface area (TPSA) is 17.0 Å². The fourth-order valence-electron chi connectivity index (χ4n) is 13.4. The Morgan fingerprint density at radius 1 is 0.521 bits per heavy atom. The summed E-state index contributed by atoms with van der Waals surface area (Å²) in [6.07, 6.45) is 4.75. The minimum atomic E-state index is -0.0135. The van der Waals surface area contributed by atoms with Crippen molar-refractivity contribution >= 4 is 82.9 Å². The Labute approximate surface area is 425 Å². The van der Waals surface area contributed by atoms with E-state index in [2.05, 4.69) is 225 Å². The second kappa shape index (κ2) is 15.6. The van der Waals surface area contributed by atoms with E-state index < -0.39 is 0 Å². The molecule has 3 aliphatic rings. The molecule has 1 aliphatic heterocycles. The number of aromatic nitrogens is 1. The predicted octanol–water partition coefficient (Wildman–Crippen LogP) is 16.8. The predicted molar refractivity (Wildman–Crippen MR) is 309 cm³/mol. The molecule has 0 bridgehead atoms. The zero-order valence-electron chi connectivity index (χ0n) is 43.3. The quantitative estimate of drug-likeness (QED) is 0.130. The van der Waals surface area contributed by atoms with Crippen molar-refractivity contribution in [3.8, 4) is 16.8 Å². The molecule has 4 heteroatoms. The first kappa shape index (κ1) is 44.6. The second-order valence-corrected chi connectivity index (χ2v) is 25.5. The van der Waals surface area contributed by atoms with E-state index in [1.165, 1.54) is 145 Å². The van der Waals surface area contributed by atoms with Crippen molar-refractivity contribution in [1.82, 2.24) is 4.57 Å². The molecule has 0 fully saturated rings. The minimum absolute atomic E-state index is 0.0135. The average Bonchev–Trinajstić information content (AvgIpc) is 3.88. The van der Waals surface area contributed by atoms with Crippen LogP contribution >= 0.6 is 11.3 Å². The van der Waals surface area contributed by atoms with Crippen LogP contribution in [0.25, 0.3) is 58.8 Å². The summed E-state index contributed by atoms with van der Waals surface area (Å²) < 4.78 is 5.41. The number of nitrogens with zero attached hydrogens (tertiary/aromatic N) is 1. The maximum Gasteiger partial charge on any atom is 0.198 e. The zero-order chi connectivity index (χ0) is 48.9. The third-order valence-electron chi connectivity index (χ3n) is 17.8. The van der Waals surface area contributed by atoms with Crippen LogP contribution in [0, 0.1) is 13.8 Å². The molecule has 2 aromatic heterocycles. The first-order chi connectivity index (χ1) is 34.0. The summed E-state index contributed by atoms with van der Waals surface area (Å²) in [6.45, 7) is 24.2. The summed E-state index contributed by atoms with van der Waals surface area (Å²) in [4.78, 5) is 0. The Balaban J connectivity index is 1.21. The number of rotatable bonds is 6. The van der Waals surface area contributed by atoms with Crippen LogP contribution in [-0.2, 0) is 21.7 Å². The van der Waals surface area contributed by atoms with E-state index >= 15 is 0 Å². The lowest BCUT2D eigenvalue weighted by atomic mass is 9.58. The van der Waals surface area contributed by atoms with E-state index in [1.54, 1.807) is 0 Å². The molecule has 2 nitrogen and oxygen atoms in total. The summed E-state index contributed by atoms with van der Waals surface area (Å²) in [7, 11) is 0.848. The van der Waals surface area contributed by atoms with Crippen LogP contribution in [0.4, 0.5) is 11.4 Å². The fourth-order valence-corrected chi connectivity index (χ4v) is 14.5. The van der Waals surface area contributed by atoms with Crippen molar-refractivity contribution in [3.63, 3.8) is 0 Å². The van der Waals surface area contributed by atoms with Gasteiger partial charge in [0.05, 0.1) is 5.52 Å². The second-order valence-electron chi connectivity index (χ2n) is 24.4. The van der Waals surface area contributed by atoms with Gasteiger partial charge in [-0.05, 0) is 172 Å². The Morgan fingerprint density at radius 2 is 1.06 bits per heavy atom. The van der Waals surface area contributed by atoms with E-state index in [4.69, 9.17) is 0 Å². The molecule has 2 aliphatic carbocycles. The third-order valence-corrected chi connectivity index (χ3v) is 18.9. The molecule has 8 aromatic carbocycles. The summed E-state index contributed by atoms with van der Waals surface area (Å²) >= 11 is 1.96. The van der Waals surface area contributed by atoms with Crippen LogP contribution in [0.1, 0.15) is 137 Å². The zero-order valence-corrected chi connectivity index (χ0v) is 44.1. The Hall–Kier alpha value is -6.36. The van der Waals surface area contributed by atoms with Gasteiger partial charge in [0, 0.05) is 65.0 Å². The molecule has 1 N–H and O–H groups in total. The number of thiophene rings is 1. The highest BCUT2D eigenvalue weighted by Crippen LogP contribution is 2.53. The van der Waals surface area contributed by atoms with Crippen molar-refractivity contribution in [2.24, 2.45) is 0 Å². The van der Waals surface area contributed by atoms with Crippen molar-refractivity contribution in [1.29, 1.82) is 0 Å². The van der Waals surface area contributed by atoms with Crippen LogP contribution < -0.4 is 16.2 Å². The number of aryl methyl sites for hydroxylation is 2. The fraction of sp³-hybridized carbons (Fsp3) is 0.284. The number of fused-ring (bicyclic) bond motifs is 10. The van der Waals surface area contributed by atoms with Gasteiger partial charge in [0.1, 0.15) is 0 Å². The van der Waals surface area contributed by atoms with Gasteiger partial charge in [0.2, 0.25) is 0 Å². The van der Waals surface area contributed by atoms with Crippen LogP contribution in [0.15, 0.2) is 146 Å². The van der Waals surface area contributed by atoms with E-state index in [-0.39, 0.29) is 27.6 Å². The van der Waals surface area contributed by atoms with Crippen molar-refractivity contribution in [2.45, 2.75) is 122 Å². The molecule has 352 valence electrons. The SMILES string of the molecule is Cc1ccc(Nc2cc3sc4cc5c(cc4c3cc2-c2cc(C(c3ccccc3)c3ccccc3)c3c4cc6c(cc4n4c3c2Bc2cc(C)ccc2-4)C(C)(C)CCC6(C)C)C(C)(C)CCC5(C)C)cc1. The van der Waals surface area contributed by atoms with Crippen molar-refractivity contribution in [2.75, 3.05) is 5.32 Å². The van der Waals surface area contributed by atoms with Gasteiger partial charge in [0.25, 0.3) is 0 Å². The highest BCUT2D eigenvalue weighted by atomic mass is 32.1. The number of hydrogen-bond acceptors (Lipinski definition) is 2. The lowest BCUT2D eigenvalue weighted by Crippen LogP contribution is -2.38. The minimum Gasteiger partial charge on any atom is -0.355 e. The number of hydrogen-bond donors (Lipinski definition) is 1. The van der Waals surface area contributed by atoms with Gasteiger partial charge in [-0.3, -0.25) is 0 Å². The normalized spacial score (nSPS) is 17.1. The standard InChI is InChI=1S/C67H65BN2S/c1-39-21-24-43(25-22-39)69-55-38-59-45(46-34-50-53(37-58(46)71-59)67(9,10)30-28-64(50,3)4)32-44(55)47-33-49(60(41-17-13-11-14-18-41)42-19-15-12-16-20-42)61-48-35-51-52(66(7,8)29-27-65(51,5)6)36-57(48)70-56-26-23-40(2)31-54(56)68-62(47)63(61)70/h11-26,31-38,60,68-69H,27-30H2,1-10H3. The maximum absolute atomic E-state index is 4.07. The van der Waals surface area contributed by atoms with Gasteiger partial charge in [0.15, 0.2) is 7.28 Å². The average molecular weight is 941 g/mol. The van der Waals surface area contributed by atoms with E-state index in [9.17, 15) is 0 Å². The summed E-state index contributed by atoms with van der Waals surface area (Å²) in [6, 6.07) is 57.0.